The van der Waals surface area contributed by atoms with Gasteiger partial charge in [0.05, 0.1) is 20.0 Å². The first-order valence-electron chi connectivity index (χ1n) is 5.02. The molecule has 0 N–H and O–H groups in total. The Labute approximate surface area is 121 Å². The third-order valence-electron chi connectivity index (χ3n) is 2.35. The van der Waals surface area contributed by atoms with Crippen LogP contribution in [0.5, 0.6) is 5.88 Å². The zero-order valence-corrected chi connectivity index (χ0v) is 12.0. The predicted octanol–water partition coefficient (Wildman–Crippen LogP) is 4.64. The first-order chi connectivity index (χ1) is 8.75. The summed E-state index contributed by atoms with van der Waals surface area (Å²) in [4.78, 5) is 0.804. The number of aromatic nitrogens is 2. The van der Waals surface area contributed by atoms with Crippen LogP contribution in [0.3, 0.4) is 0 Å². The van der Waals surface area contributed by atoms with Crippen LogP contribution in [0.4, 0.5) is 0 Å². The second kappa shape index (κ2) is 5.01. The fraction of sp³-hybridized carbons (Fsp3) is 0.0909. The van der Waals surface area contributed by atoms with Crippen molar-refractivity contribution in [2.75, 3.05) is 0 Å². The second-order valence-electron chi connectivity index (χ2n) is 3.48. The highest BCUT2D eigenvalue weighted by Crippen LogP contribution is 2.32. The second-order valence-corrected chi connectivity index (χ2v) is 5.88. The van der Waals surface area contributed by atoms with Crippen LogP contribution in [0.15, 0.2) is 24.3 Å². The summed E-state index contributed by atoms with van der Waals surface area (Å²) in [5.74, 6) is 0.621. The summed E-state index contributed by atoms with van der Waals surface area (Å²) in [6.45, 7) is 0.330. The Bertz CT molecular complexity index is 695. The molecule has 0 radical (unpaired) electrons. The van der Waals surface area contributed by atoms with Crippen molar-refractivity contribution in [3.05, 3.63) is 39.3 Å². The molecule has 0 spiro atoms. The molecule has 18 heavy (non-hydrogen) atoms. The van der Waals surface area contributed by atoms with Crippen LogP contribution >= 0.6 is 46.3 Å². The van der Waals surface area contributed by atoms with Crippen LogP contribution in [-0.2, 0) is 6.61 Å². The molecule has 0 atom stereocenters. The number of halogens is 2. The minimum absolute atomic E-state index is 0.323. The van der Waals surface area contributed by atoms with Crippen molar-refractivity contribution in [1.82, 2.24) is 8.75 Å². The molecule has 2 aromatic heterocycles. The lowest BCUT2D eigenvalue weighted by atomic mass is 10.3. The van der Waals surface area contributed by atoms with E-state index in [9.17, 15) is 0 Å². The summed E-state index contributed by atoms with van der Waals surface area (Å²) < 4.78 is 15.0. The van der Waals surface area contributed by atoms with Gasteiger partial charge in [0.2, 0.25) is 5.88 Å². The van der Waals surface area contributed by atoms with Crippen molar-refractivity contribution in [2.24, 2.45) is 0 Å². The van der Waals surface area contributed by atoms with Gasteiger partial charge in [0.1, 0.15) is 6.61 Å². The molecule has 0 aliphatic heterocycles. The summed E-state index contributed by atoms with van der Waals surface area (Å²) in [5, 5.41) is 1.79. The van der Waals surface area contributed by atoms with Crippen LogP contribution < -0.4 is 4.74 Å². The van der Waals surface area contributed by atoms with Crippen molar-refractivity contribution >= 4 is 56.4 Å². The number of hydrogen-bond donors (Lipinski definition) is 0. The lowest BCUT2D eigenvalue weighted by Crippen LogP contribution is -1.93. The van der Waals surface area contributed by atoms with Gasteiger partial charge in [-0.2, -0.15) is 8.75 Å². The monoisotopic (exact) mass is 316 g/mol. The molecule has 7 heteroatoms. The molecule has 3 rings (SSSR count). The fourth-order valence-electron chi connectivity index (χ4n) is 1.48. The average Bonchev–Trinajstić information content (AvgIpc) is 2.94. The lowest BCUT2D eigenvalue weighted by Gasteiger charge is -2.01. The van der Waals surface area contributed by atoms with Gasteiger partial charge in [0.25, 0.3) is 0 Å². The largest absolute Gasteiger partial charge is 0.471 e. The average molecular weight is 317 g/mol. The molecule has 0 bridgehead atoms. The molecule has 0 saturated carbocycles. The number of rotatable bonds is 3. The highest BCUT2D eigenvalue weighted by Gasteiger charge is 2.12. The van der Waals surface area contributed by atoms with Crippen molar-refractivity contribution in [3.63, 3.8) is 0 Å². The number of fused-ring (bicyclic) bond motifs is 1. The van der Waals surface area contributed by atoms with Gasteiger partial charge in [-0.05, 0) is 35.2 Å². The molecule has 92 valence electrons. The third-order valence-corrected chi connectivity index (χ3v) is 4.96. The van der Waals surface area contributed by atoms with Gasteiger partial charge in [0.15, 0.2) is 5.15 Å². The van der Waals surface area contributed by atoms with Crippen LogP contribution in [0.1, 0.15) is 4.88 Å². The van der Waals surface area contributed by atoms with Crippen molar-refractivity contribution in [1.29, 1.82) is 0 Å². The Morgan fingerprint density at radius 2 is 1.94 bits per heavy atom. The first kappa shape index (κ1) is 12.2. The number of ether oxygens (including phenoxy) is 1. The molecule has 3 aromatic rings. The van der Waals surface area contributed by atoms with E-state index in [0.717, 1.165) is 15.0 Å². The summed E-state index contributed by atoms with van der Waals surface area (Å²) in [7, 11) is 0. The molecule has 3 nitrogen and oxygen atoms in total. The Balaban J connectivity index is 1.83. The topological polar surface area (TPSA) is 35.0 Å². The zero-order chi connectivity index (χ0) is 12.5. The molecule has 1 aromatic carbocycles. The molecular formula is C11H6Cl2N2OS2. The van der Waals surface area contributed by atoms with Crippen molar-refractivity contribution in [3.8, 4) is 5.88 Å². The van der Waals surface area contributed by atoms with E-state index in [1.54, 1.807) is 0 Å². The van der Waals surface area contributed by atoms with E-state index in [0.29, 0.717) is 22.7 Å². The fourth-order valence-corrected chi connectivity index (χ4v) is 3.30. The van der Waals surface area contributed by atoms with Gasteiger partial charge < -0.3 is 4.74 Å². The van der Waals surface area contributed by atoms with Gasteiger partial charge in [-0.25, -0.2) is 0 Å². The Kier molecular flexibility index (Phi) is 3.39. The van der Waals surface area contributed by atoms with E-state index in [1.165, 1.54) is 23.1 Å². The SMILES string of the molecule is Clc1nsc(COc2nsc3ccccc23)c1Cl. The molecule has 0 saturated heterocycles. The van der Waals surface area contributed by atoms with E-state index < -0.39 is 0 Å². The van der Waals surface area contributed by atoms with Crippen LogP contribution in [-0.4, -0.2) is 8.75 Å². The maximum atomic E-state index is 5.99. The van der Waals surface area contributed by atoms with E-state index in [4.69, 9.17) is 27.9 Å². The third kappa shape index (κ3) is 2.19. The van der Waals surface area contributed by atoms with Crippen LogP contribution in [0, 0.1) is 0 Å². The normalized spacial score (nSPS) is 11.0. The van der Waals surface area contributed by atoms with Gasteiger partial charge >= 0.3 is 0 Å². The predicted molar refractivity (Wildman–Crippen MR) is 76.1 cm³/mol. The highest BCUT2D eigenvalue weighted by molar-refractivity contribution is 7.13. The molecule has 2 heterocycles. The molecule has 0 fully saturated rings. The molecule has 0 aliphatic rings. The van der Waals surface area contributed by atoms with E-state index in [2.05, 4.69) is 8.75 Å². The Hall–Kier alpha value is -0.880. The lowest BCUT2D eigenvalue weighted by molar-refractivity contribution is 0.304. The van der Waals surface area contributed by atoms with Gasteiger partial charge in [-0.15, -0.1) is 0 Å². The highest BCUT2D eigenvalue weighted by atomic mass is 35.5. The van der Waals surface area contributed by atoms with Gasteiger partial charge in [-0.1, -0.05) is 35.3 Å². The number of benzene rings is 1. The molecule has 0 unspecified atom stereocenters. The van der Waals surface area contributed by atoms with E-state index in [1.807, 2.05) is 24.3 Å². The van der Waals surface area contributed by atoms with Crippen LogP contribution in [0.25, 0.3) is 10.1 Å². The van der Waals surface area contributed by atoms with Crippen molar-refractivity contribution in [2.45, 2.75) is 6.61 Å². The Morgan fingerprint density at radius 3 is 2.72 bits per heavy atom. The minimum Gasteiger partial charge on any atom is -0.471 e. The molecule has 0 aliphatic carbocycles. The van der Waals surface area contributed by atoms with Crippen molar-refractivity contribution < 1.29 is 4.74 Å². The summed E-state index contributed by atoms with van der Waals surface area (Å²) in [6, 6.07) is 7.93. The van der Waals surface area contributed by atoms with Gasteiger partial charge in [-0.3, -0.25) is 0 Å². The number of nitrogens with zero attached hydrogens (tertiary/aromatic N) is 2. The number of hydrogen-bond acceptors (Lipinski definition) is 5. The molecule has 0 amide bonds. The Morgan fingerprint density at radius 1 is 1.11 bits per heavy atom. The quantitative estimate of drug-likeness (QED) is 0.706. The zero-order valence-electron chi connectivity index (χ0n) is 8.89. The summed E-state index contributed by atoms with van der Waals surface area (Å²) in [5.41, 5.74) is 0. The maximum Gasteiger partial charge on any atom is 0.233 e. The van der Waals surface area contributed by atoms with Gasteiger partial charge in [0, 0.05) is 0 Å². The molecular weight excluding hydrogens is 311 g/mol. The summed E-state index contributed by atoms with van der Waals surface area (Å²) in [6.07, 6.45) is 0. The minimum atomic E-state index is 0.323. The smallest absolute Gasteiger partial charge is 0.233 e. The van der Waals surface area contributed by atoms with Crippen LogP contribution in [0.2, 0.25) is 10.2 Å². The standard InChI is InChI=1S/C11H6Cl2N2OS2/c12-9-8(18-14-10(9)13)5-16-11-6-3-1-2-4-7(6)17-15-11/h1-4H,5H2. The maximum absolute atomic E-state index is 5.99. The van der Waals surface area contributed by atoms with E-state index >= 15 is 0 Å². The first-order valence-corrected chi connectivity index (χ1v) is 7.32. The van der Waals surface area contributed by atoms with E-state index in [-0.39, 0.29) is 0 Å². The summed E-state index contributed by atoms with van der Waals surface area (Å²) >= 11 is 14.4.